The van der Waals surface area contributed by atoms with E-state index in [1.54, 1.807) is 55.0 Å². The molecule has 0 saturated heterocycles. The van der Waals surface area contributed by atoms with E-state index in [2.05, 4.69) is 44.2 Å². The number of hydrogen-bond acceptors (Lipinski definition) is 7. The Morgan fingerprint density at radius 3 is 1.71 bits per heavy atom. The van der Waals surface area contributed by atoms with Gasteiger partial charge in [0.15, 0.2) is 0 Å². The maximum absolute atomic E-state index is 9.93. The number of para-hydroxylation sites is 3. The van der Waals surface area contributed by atoms with Gasteiger partial charge in [0.1, 0.15) is 22.8 Å². The SMILES string of the molecule is Oc1ccccc1/C=N/c1oc2ccccc2c1/N=C/c1ccccc1O.c1cnc2c(c1)ccc1cccnc12. The van der Waals surface area contributed by atoms with Gasteiger partial charge in [0.25, 0.3) is 0 Å². The van der Waals surface area contributed by atoms with Crippen LogP contribution in [0.15, 0.2) is 136 Å². The van der Waals surface area contributed by atoms with Crippen molar-refractivity contribution in [3.05, 3.63) is 133 Å². The van der Waals surface area contributed by atoms with Gasteiger partial charge in [-0.25, -0.2) is 9.98 Å². The van der Waals surface area contributed by atoms with Crippen LogP contribution in [-0.2, 0) is 0 Å². The Morgan fingerprint density at radius 1 is 0.561 bits per heavy atom. The molecular formula is C34H24N4O3. The first-order valence-electron chi connectivity index (χ1n) is 12.9. The summed E-state index contributed by atoms with van der Waals surface area (Å²) in [7, 11) is 0. The van der Waals surface area contributed by atoms with Crippen molar-refractivity contribution in [1.82, 2.24) is 9.97 Å². The topological polar surface area (TPSA) is 104 Å². The van der Waals surface area contributed by atoms with Gasteiger partial charge in [-0.3, -0.25) is 9.97 Å². The van der Waals surface area contributed by atoms with Crippen LogP contribution in [0.3, 0.4) is 0 Å². The number of phenols is 2. The molecule has 0 unspecified atom stereocenters. The Balaban J connectivity index is 0.000000180. The van der Waals surface area contributed by atoms with E-state index in [-0.39, 0.29) is 11.5 Å². The lowest BCUT2D eigenvalue weighted by Gasteiger charge is -2.00. The van der Waals surface area contributed by atoms with Crippen molar-refractivity contribution >= 4 is 56.8 Å². The third-order valence-corrected chi connectivity index (χ3v) is 6.42. The molecule has 41 heavy (non-hydrogen) atoms. The Labute approximate surface area is 235 Å². The highest BCUT2D eigenvalue weighted by Gasteiger charge is 2.12. The van der Waals surface area contributed by atoms with E-state index in [0.29, 0.717) is 28.3 Å². The van der Waals surface area contributed by atoms with Crippen molar-refractivity contribution in [2.75, 3.05) is 0 Å². The number of hydrogen-bond donors (Lipinski definition) is 2. The molecule has 0 atom stereocenters. The number of pyridine rings is 2. The second-order valence-electron chi connectivity index (χ2n) is 9.10. The fourth-order valence-corrected chi connectivity index (χ4v) is 4.37. The van der Waals surface area contributed by atoms with E-state index < -0.39 is 0 Å². The molecule has 0 bridgehead atoms. The first-order chi connectivity index (χ1) is 20.2. The van der Waals surface area contributed by atoms with Crippen LogP contribution in [0.2, 0.25) is 0 Å². The lowest BCUT2D eigenvalue weighted by atomic mass is 10.1. The number of aromatic hydroxyl groups is 2. The van der Waals surface area contributed by atoms with Crippen LogP contribution < -0.4 is 0 Å². The molecule has 0 saturated carbocycles. The lowest BCUT2D eigenvalue weighted by Crippen LogP contribution is -1.83. The molecule has 4 aromatic carbocycles. The Bertz CT molecular complexity index is 1990. The van der Waals surface area contributed by atoms with Crippen LogP contribution in [0.5, 0.6) is 11.5 Å². The molecule has 0 amide bonds. The zero-order chi connectivity index (χ0) is 28.0. The van der Waals surface area contributed by atoms with E-state index in [4.69, 9.17) is 4.42 Å². The second-order valence-corrected chi connectivity index (χ2v) is 9.10. The van der Waals surface area contributed by atoms with Gasteiger partial charge in [-0.15, -0.1) is 0 Å². The van der Waals surface area contributed by atoms with Crippen LogP contribution >= 0.6 is 0 Å². The summed E-state index contributed by atoms with van der Waals surface area (Å²) in [5.41, 5.74) is 4.34. The third-order valence-electron chi connectivity index (χ3n) is 6.42. The average Bonchev–Trinajstić information content (AvgIpc) is 3.38. The number of nitrogens with zero attached hydrogens (tertiary/aromatic N) is 4. The number of phenolic OH excluding ortho intramolecular Hbond substituents is 2. The van der Waals surface area contributed by atoms with Gasteiger partial charge in [0, 0.05) is 52.1 Å². The largest absolute Gasteiger partial charge is 0.507 e. The summed E-state index contributed by atoms with van der Waals surface area (Å²) in [5, 5.41) is 22.9. The quantitative estimate of drug-likeness (QED) is 0.175. The van der Waals surface area contributed by atoms with Crippen LogP contribution in [0.25, 0.3) is 32.8 Å². The van der Waals surface area contributed by atoms with Crippen molar-refractivity contribution in [2.45, 2.75) is 0 Å². The summed E-state index contributed by atoms with van der Waals surface area (Å²) in [4.78, 5) is 17.6. The van der Waals surface area contributed by atoms with Crippen molar-refractivity contribution in [3.63, 3.8) is 0 Å². The highest BCUT2D eigenvalue weighted by atomic mass is 16.3. The van der Waals surface area contributed by atoms with Gasteiger partial charge in [0.2, 0.25) is 5.88 Å². The molecule has 0 fully saturated rings. The van der Waals surface area contributed by atoms with Gasteiger partial charge in [0.05, 0.1) is 11.0 Å². The lowest BCUT2D eigenvalue weighted by molar-refractivity contribution is 0.474. The maximum atomic E-state index is 9.93. The van der Waals surface area contributed by atoms with E-state index in [9.17, 15) is 10.2 Å². The predicted octanol–water partition coefficient (Wildman–Crippen LogP) is 8.13. The molecule has 0 aliphatic heterocycles. The standard InChI is InChI=1S/C22H16N2O3.C12H8N2/c25-18-10-4-1-7-15(18)13-23-21-17-9-3-6-12-20(17)27-22(21)24-14-16-8-2-5-11-19(16)26;1-3-9-5-6-10-4-2-8-14-12(10)11(9)13-7-1/h1-14,25-26H;1-8H/b23-13+,24-14+;. The van der Waals surface area contributed by atoms with Crippen LogP contribution in [-0.4, -0.2) is 32.6 Å². The molecule has 0 aliphatic rings. The molecule has 0 spiro atoms. The Hall–Kier alpha value is -5.82. The molecule has 0 radical (unpaired) electrons. The first-order valence-corrected chi connectivity index (χ1v) is 12.9. The van der Waals surface area contributed by atoms with Crippen LogP contribution in [0, 0.1) is 0 Å². The molecule has 3 aromatic heterocycles. The van der Waals surface area contributed by atoms with E-state index in [1.165, 1.54) is 6.21 Å². The molecule has 2 N–H and O–H groups in total. The van der Waals surface area contributed by atoms with Crippen molar-refractivity contribution in [1.29, 1.82) is 0 Å². The Kier molecular flexibility index (Phi) is 7.15. The van der Waals surface area contributed by atoms with Gasteiger partial charge < -0.3 is 14.6 Å². The van der Waals surface area contributed by atoms with Gasteiger partial charge >= 0.3 is 0 Å². The molecular weight excluding hydrogens is 512 g/mol. The average molecular weight is 537 g/mol. The number of furan rings is 1. The summed E-state index contributed by atoms with van der Waals surface area (Å²) >= 11 is 0. The molecule has 7 aromatic rings. The van der Waals surface area contributed by atoms with Crippen molar-refractivity contribution in [2.24, 2.45) is 9.98 Å². The van der Waals surface area contributed by atoms with Crippen molar-refractivity contribution < 1.29 is 14.6 Å². The minimum atomic E-state index is 0.136. The number of fused-ring (bicyclic) bond motifs is 4. The first kappa shape index (κ1) is 25.5. The number of rotatable bonds is 4. The maximum Gasteiger partial charge on any atom is 0.246 e. The van der Waals surface area contributed by atoms with Gasteiger partial charge in [-0.05, 0) is 48.5 Å². The van der Waals surface area contributed by atoms with Crippen molar-refractivity contribution in [3.8, 4) is 11.5 Å². The zero-order valence-electron chi connectivity index (χ0n) is 21.8. The fourth-order valence-electron chi connectivity index (χ4n) is 4.37. The van der Waals surface area contributed by atoms with E-state index in [0.717, 1.165) is 27.2 Å². The van der Waals surface area contributed by atoms with Crippen LogP contribution in [0.1, 0.15) is 11.1 Å². The molecule has 7 rings (SSSR count). The number of benzene rings is 4. The second kappa shape index (κ2) is 11.5. The van der Waals surface area contributed by atoms with E-state index >= 15 is 0 Å². The molecule has 3 heterocycles. The zero-order valence-corrected chi connectivity index (χ0v) is 21.8. The van der Waals surface area contributed by atoms with Gasteiger partial charge in [-0.2, -0.15) is 0 Å². The smallest absolute Gasteiger partial charge is 0.246 e. The molecule has 7 heteroatoms. The summed E-state index contributed by atoms with van der Waals surface area (Å²) < 4.78 is 5.82. The number of aromatic nitrogens is 2. The summed E-state index contributed by atoms with van der Waals surface area (Å²) in [6.07, 6.45) is 6.71. The van der Waals surface area contributed by atoms with Gasteiger partial charge in [-0.1, -0.05) is 60.7 Å². The Morgan fingerprint density at radius 2 is 1.10 bits per heavy atom. The summed E-state index contributed by atoms with van der Waals surface area (Å²) in [5.74, 6) is 0.607. The molecule has 7 nitrogen and oxygen atoms in total. The predicted molar refractivity (Wildman–Crippen MR) is 164 cm³/mol. The fraction of sp³-hybridized carbons (Fsp3) is 0. The number of aliphatic imine (C=N–C) groups is 2. The molecule has 0 aliphatic carbocycles. The highest BCUT2D eigenvalue weighted by Crippen LogP contribution is 2.39. The monoisotopic (exact) mass is 536 g/mol. The normalized spacial score (nSPS) is 11.4. The summed E-state index contributed by atoms with van der Waals surface area (Å²) in [6.45, 7) is 0. The highest BCUT2D eigenvalue weighted by molar-refractivity contribution is 6.02. The minimum absolute atomic E-state index is 0.136. The van der Waals surface area contributed by atoms with E-state index in [1.807, 2.05) is 48.5 Å². The third kappa shape index (κ3) is 5.51. The molecule has 198 valence electrons. The summed E-state index contributed by atoms with van der Waals surface area (Å²) in [6, 6.07) is 33.5. The van der Waals surface area contributed by atoms with Crippen LogP contribution in [0.4, 0.5) is 11.6 Å². The minimum Gasteiger partial charge on any atom is -0.507 e.